The number of aromatic nitrogens is 2. The Labute approximate surface area is 208 Å². The van der Waals surface area contributed by atoms with Gasteiger partial charge in [0.15, 0.2) is 0 Å². The summed E-state index contributed by atoms with van der Waals surface area (Å²) < 4.78 is 41.7. The number of carbonyl (C=O) groups is 1. The van der Waals surface area contributed by atoms with Crippen LogP contribution in [0.25, 0.3) is 17.0 Å². The summed E-state index contributed by atoms with van der Waals surface area (Å²) in [5, 5.41) is 8.89. The molecule has 190 valence electrons. The van der Waals surface area contributed by atoms with Gasteiger partial charge in [-0.25, -0.2) is 10.3 Å². The van der Waals surface area contributed by atoms with Crippen LogP contribution in [0.2, 0.25) is 0 Å². The van der Waals surface area contributed by atoms with Gasteiger partial charge in [-0.3, -0.25) is 23.9 Å². The first-order chi connectivity index (χ1) is 17.7. The Morgan fingerprint density at radius 2 is 1.65 bits per heavy atom. The number of rotatable bonds is 7. The molecule has 0 unspecified atom stereocenters. The number of para-hydroxylation sites is 1. The van der Waals surface area contributed by atoms with Crippen molar-refractivity contribution in [2.75, 3.05) is 0 Å². The van der Waals surface area contributed by atoms with Crippen molar-refractivity contribution in [3.8, 4) is 0 Å². The maximum absolute atomic E-state index is 13.4. The number of amides is 1. The molecule has 0 spiro atoms. The van der Waals surface area contributed by atoms with Crippen molar-refractivity contribution >= 4 is 22.9 Å². The number of halogens is 3. The number of alkyl halides is 3. The molecule has 0 aliphatic carbocycles. The first kappa shape index (κ1) is 25.6. The van der Waals surface area contributed by atoms with Gasteiger partial charge < -0.3 is 0 Å². The van der Waals surface area contributed by atoms with Gasteiger partial charge >= 0.3 is 11.9 Å². The van der Waals surface area contributed by atoms with Crippen LogP contribution in [0.15, 0.2) is 88.5 Å². The molecule has 0 atom stereocenters. The third-order valence-corrected chi connectivity index (χ3v) is 5.87. The highest BCUT2D eigenvalue weighted by atomic mass is 19.4. The van der Waals surface area contributed by atoms with Crippen LogP contribution in [-0.2, 0) is 30.5 Å². The molecule has 1 heterocycles. The fraction of sp³-hybridized carbons (Fsp3) is 0.148. The number of benzene rings is 3. The van der Waals surface area contributed by atoms with E-state index in [9.17, 15) is 27.6 Å². The first-order valence-electron chi connectivity index (χ1n) is 11.3. The fourth-order valence-electron chi connectivity index (χ4n) is 3.99. The van der Waals surface area contributed by atoms with Crippen LogP contribution in [0.3, 0.4) is 0 Å². The highest BCUT2D eigenvalue weighted by Crippen LogP contribution is 2.29. The summed E-state index contributed by atoms with van der Waals surface area (Å²) >= 11 is 0. The molecule has 4 aromatic rings. The van der Waals surface area contributed by atoms with E-state index < -0.39 is 28.9 Å². The quantitative estimate of drug-likeness (QED) is 0.224. The molecule has 0 bridgehead atoms. The normalized spacial score (nSPS) is 11.8. The average molecular weight is 509 g/mol. The summed E-state index contributed by atoms with van der Waals surface area (Å²) in [7, 11) is 0. The average Bonchev–Trinajstić information content (AvgIpc) is 2.90. The molecule has 4 rings (SSSR count). The van der Waals surface area contributed by atoms with Gasteiger partial charge in [0.1, 0.15) is 0 Å². The number of nitrogens with zero attached hydrogens (tertiary/aromatic N) is 2. The molecule has 37 heavy (non-hydrogen) atoms. The molecule has 10 heteroatoms. The number of carbonyl (C=O) groups excluding carboxylic acids is 1. The van der Waals surface area contributed by atoms with Crippen molar-refractivity contribution in [1.29, 1.82) is 0 Å². The van der Waals surface area contributed by atoms with E-state index >= 15 is 0 Å². The van der Waals surface area contributed by atoms with E-state index in [4.69, 9.17) is 5.21 Å². The number of fused-ring (bicyclic) bond motifs is 1. The predicted octanol–water partition coefficient (Wildman–Crippen LogP) is 3.99. The van der Waals surface area contributed by atoms with Gasteiger partial charge in [-0.15, -0.1) is 0 Å². The summed E-state index contributed by atoms with van der Waals surface area (Å²) in [4.78, 5) is 37.7. The SMILES string of the molecule is O=C(/C=C/c1ccc(Cn2c(=O)n(CCc3cccc(C(F)(F)F)c3)c(=O)c3ccccc32)cc1)NO. The predicted molar refractivity (Wildman–Crippen MR) is 132 cm³/mol. The van der Waals surface area contributed by atoms with Crippen LogP contribution in [0, 0.1) is 0 Å². The summed E-state index contributed by atoms with van der Waals surface area (Å²) in [5.74, 6) is -0.672. The second-order valence-electron chi connectivity index (χ2n) is 8.34. The van der Waals surface area contributed by atoms with E-state index in [-0.39, 0.29) is 19.5 Å². The zero-order valence-corrected chi connectivity index (χ0v) is 19.4. The van der Waals surface area contributed by atoms with Crippen molar-refractivity contribution in [1.82, 2.24) is 14.6 Å². The minimum absolute atomic E-state index is 0.0693. The second kappa shape index (κ2) is 10.7. The largest absolute Gasteiger partial charge is 0.416 e. The number of hydrogen-bond donors (Lipinski definition) is 2. The molecule has 0 aliphatic heterocycles. The van der Waals surface area contributed by atoms with E-state index in [0.29, 0.717) is 22.0 Å². The van der Waals surface area contributed by atoms with Crippen molar-refractivity contribution < 1.29 is 23.2 Å². The van der Waals surface area contributed by atoms with E-state index in [2.05, 4.69) is 0 Å². The minimum atomic E-state index is -4.49. The summed E-state index contributed by atoms with van der Waals surface area (Å²) in [6.07, 6.45) is -1.75. The molecular weight excluding hydrogens is 487 g/mol. The molecule has 0 saturated heterocycles. The zero-order chi connectivity index (χ0) is 26.6. The summed E-state index contributed by atoms with van der Waals surface area (Å²) in [6, 6.07) is 18.5. The number of aryl methyl sites for hydroxylation is 1. The van der Waals surface area contributed by atoms with Crippen molar-refractivity contribution in [3.63, 3.8) is 0 Å². The van der Waals surface area contributed by atoms with Crippen LogP contribution in [0.4, 0.5) is 13.2 Å². The van der Waals surface area contributed by atoms with E-state index in [0.717, 1.165) is 28.3 Å². The lowest BCUT2D eigenvalue weighted by Crippen LogP contribution is -2.40. The zero-order valence-electron chi connectivity index (χ0n) is 19.4. The maximum Gasteiger partial charge on any atom is 0.416 e. The standard InChI is InChI=1S/C27H22F3N3O4/c28-27(29,30)21-5-3-4-19(16-21)14-15-32-25(35)22-6-1-2-7-23(22)33(26(32)36)17-20-10-8-18(9-11-20)12-13-24(34)31-37/h1-13,16,37H,14-15,17H2,(H,31,34)/b13-12+. The summed E-state index contributed by atoms with van der Waals surface area (Å²) in [5.41, 5.74) is 1.88. The Morgan fingerprint density at radius 3 is 2.35 bits per heavy atom. The Kier molecular flexibility index (Phi) is 7.40. The minimum Gasteiger partial charge on any atom is -0.289 e. The molecule has 2 N–H and O–H groups in total. The van der Waals surface area contributed by atoms with E-state index in [1.165, 1.54) is 28.3 Å². The highest BCUT2D eigenvalue weighted by molar-refractivity contribution is 5.90. The molecular formula is C27H22F3N3O4. The molecule has 0 aliphatic rings. The lowest BCUT2D eigenvalue weighted by Gasteiger charge is -2.15. The van der Waals surface area contributed by atoms with Crippen LogP contribution in [0.5, 0.6) is 0 Å². The molecule has 1 amide bonds. The van der Waals surface area contributed by atoms with Crippen molar-refractivity contribution in [2.45, 2.75) is 25.7 Å². The molecule has 0 fully saturated rings. The lowest BCUT2D eigenvalue weighted by atomic mass is 10.1. The molecule has 0 radical (unpaired) electrons. The maximum atomic E-state index is 13.4. The van der Waals surface area contributed by atoms with Crippen LogP contribution in [-0.4, -0.2) is 20.2 Å². The molecule has 1 aromatic heterocycles. The second-order valence-corrected chi connectivity index (χ2v) is 8.34. The van der Waals surface area contributed by atoms with E-state index in [1.54, 1.807) is 48.5 Å². The van der Waals surface area contributed by atoms with Gasteiger partial charge in [0.25, 0.3) is 11.5 Å². The number of hydroxylamine groups is 1. The van der Waals surface area contributed by atoms with Crippen LogP contribution in [0.1, 0.15) is 22.3 Å². The summed E-state index contributed by atoms with van der Waals surface area (Å²) in [6.45, 7) is 0.0603. The smallest absolute Gasteiger partial charge is 0.289 e. The van der Waals surface area contributed by atoms with Gasteiger partial charge in [-0.1, -0.05) is 54.6 Å². The third-order valence-electron chi connectivity index (χ3n) is 5.87. The number of hydrogen-bond acceptors (Lipinski definition) is 4. The van der Waals surface area contributed by atoms with Gasteiger partial charge in [0.2, 0.25) is 0 Å². The Balaban J connectivity index is 1.67. The van der Waals surface area contributed by atoms with Gasteiger partial charge in [0.05, 0.1) is 23.0 Å². The van der Waals surface area contributed by atoms with Gasteiger partial charge in [-0.05, 0) is 47.4 Å². The van der Waals surface area contributed by atoms with E-state index in [1.807, 2.05) is 0 Å². The molecule has 7 nitrogen and oxygen atoms in total. The Morgan fingerprint density at radius 1 is 0.919 bits per heavy atom. The monoisotopic (exact) mass is 509 g/mol. The molecule has 0 saturated carbocycles. The van der Waals surface area contributed by atoms with Gasteiger partial charge in [-0.2, -0.15) is 13.2 Å². The topological polar surface area (TPSA) is 93.3 Å². The molecule has 3 aromatic carbocycles. The number of nitrogens with one attached hydrogen (secondary N) is 1. The third kappa shape index (κ3) is 5.87. The van der Waals surface area contributed by atoms with Crippen LogP contribution >= 0.6 is 0 Å². The van der Waals surface area contributed by atoms with Crippen molar-refractivity contribution in [3.05, 3.63) is 122 Å². The Hall–Kier alpha value is -4.44. The van der Waals surface area contributed by atoms with Crippen LogP contribution < -0.4 is 16.7 Å². The first-order valence-corrected chi connectivity index (χ1v) is 11.3. The lowest BCUT2D eigenvalue weighted by molar-refractivity contribution is -0.137. The Bertz CT molecular complexity index is 1590. The van der Waals surface area contributed by atoms with Gasteiger partial charge in [0, 0.05) is 12.6 Å². The fourth-order valence-corrected chi connectivity index (χ4v) is 3.99. The van der Waals surface area contributed by atoms with Crippen molar-refractivity contribution in [2.24, 2.45) is 0 Å². The highest BCUT2D eigenvalue weighted by Gasteiger charge is 2.30.